The summed E-state index contributed by atoms with van der Waals surface area (Å²) < 4.78 is 0. The summed E-state index contributed by atoms with van der Waals surface area (Å²) in [4.78, 5) is 34.1. The van der Waals surface area contributed by atoms with Crippen molar-refractivity contribution < 1.29 is 34.8 Å². The molecule has 0 aromatic heterocycles. The number of aliphatic hydroxyl groups is 1. The Labute approximate surface area is 114 Å². The van der Waals surface area contributed by atoms with Crippen LogP contribution in [0.3, 0.4) is 0 Å². The van der Waals surface area contributed by atoms with E-state index in [9.17, 15) is 14.4 Å². The molecule has 0 amide bonds. The molecule has 20 heavy (non-hydrogen) atoms. The molecule has 0 radical (unpaired) electrons. The van der Waals surface area contributed by atoms with E-state index in [1.54, 1.807) is 0 Å². The van der Waals surface area contributed by atoms with Gasteiger partial charge in [-0.2, -0.15) is 0 Å². The summed E-state index contributed by atoms with van der Waals surface area (Å²) >= 11 is 0. The van der Waals surface area contributed by atoms with Gasteiger partial charge in [0, 0.05) is 6.61 Å². The van der Waals surface area contributed by atoms with Crippen molar-refractivity contribution in [3.8, 4) is 0 Å². The van der Waals surface area contributed by atoms with E-state index in [0.29, 0.717) is 0 Å². The molecule has 0 fully saturated rings. The Morgan fingerprint density at radius 2 is 1.95 bits per heavy atom. The van der Waals surface area contributed by atoms with E-state index in [4.69, 9.17) is 26.2 Å². The van der Waals surface area contributed by atoms with Gasteiger partial charge in [-0.25, -0.2) is 9.59 Å². The number of nitrogens with zero attached hydrogens (tertiary/aromatic N) is 1. The molecule has 9 heteroatoms. The molecule has 1 heterocycles. The zero-order valence-electron chi connectivity index (χ0n) is 10.5. The van der Waals surface area contributed by atoms with Crippen LogP contribution in [0.5, 0.6) is 0 Å². The Hall–Kier alpha value is -2.26. The van der Waals surface area contributed by atoms with Gasteiger partial charge in [0.05, 0.1) is 0 Å². The number of carboxylic acids is 3. The van der Waals surface area contributed by atoms with Crippen molar-refractivity contribution in [3.05, 3.63) is 12.2 Å². The highest BCUT2D eigenvalue weighted by Crippen LogP contribution is 2.06. The van der Waals surface area contributed by atoms with Gasteiger partial charge in [-0.1, -0.05) is 6.08 Å². The summed E-state index contributed by atoms with van der Waals surface area (Å²) in [6.45, 7) is -0.173. The molecular formula is C11H16N2O7. The highest BCUT2D eigenvalue weighted by Gasteiger charge is 2.20. The molecule has 0 saturated carbocycles. The van der Waals surface area contributed by atoms with Crippen LogP contribution in [0, 0.1) is 0 Å². The van der Waals surface area contributed by atoms with Gasteiger partial charge in [0.1, 0.15) is 11.8 Å². The van der Waals surface area contributed by atoms with Crippen molar-refractivity contribution in [3.63, 3.8) is 0 Å². The zero-order chi connectivity index (χ0) is 15.7. The van der Waals surface area contributed by atoms with Gasteiger partial charge in [-0.05, 0) is 18.9 Å². The summed E-state index contributed by atoms with van der Waals surface area (Å²) in [5.41, 5.74) is 4.77. The molecule has 0 spiro atoms. The first kappa shape index (κ1) is 17.7. The van der Waals surface area contributed by atoms with Gasteiger partial charge in [-0.3, -0.25) is 9.79 Å². The van der Waals surface area contributed by atoms with Crippen molar-refractivity contribution in [1.82, 2.24) is 0 Å². The van der Waals surface area contributed by atoms with E-state index in [1.807, 2.05) is 0 Å². The molecule has 1 rings (SSSR count). The maximum Gasteiger partial charge on any atom is 0.354 e. The van der Waals surface area contributed by atoms with Crippen molar-refractivity contribution >= 4 is 23.6 Å². The fourth-order valence-electron chi connectivity index (χ4n) is 1.12. The number of carboxylic acid groups (broad SMARTS) is 3. The summed E-state index contributed by atoms with van der Waals surface area (Å²) in [5, 5.41) is 33.2. The molecule has 9 nitrogen and oxygen atoms in total. The van der Waals surface area contributed by atoms with Crippen molar-refractivity contribution in [2.24, 2.45) is 10.7 Å². The third-order valence-corrected chi connectivity index (χ3v) is 2.19. The lowest BCUT2D eigenvalue weighted by Gasteiger charge is -2.08. The van der Waals surface area contributed by atoms with Crippen LogP contribution in [0.4, 0.5) is 0 Å². The predicted octanol–water partition coefficient (Wildman–Crippen LogP) is -1.29. The summed E-state index contributed by atoms with van der Waals surface area (Å²) in [5.74, 6) is -3.37. The van der Waals surface area contributed by atoms with E-state index in [2.05, 4.69) is 4.99 Å². The highest BCUT2D eigenvalue weighted by molar-refractivity contribution is 6.40. The molecule has 6 N–H and O–H groups in total. The Kier molecular flexibility index (Phi) is 7.78. The van der Waals surface area contributed by atoms with Gasteiger partial charge < -0.3 is 26.2 Å². The number of aliphatic hydroxyl groups excluding tert-OH is 1. The quantitative estimate of drug-likeness (QED) is 0.415. The first-order chi connectivity index (χ1) is 9.29. The topological polar surface area (TPSA) is 171 Å². The molecule has 0 aromatic carbocycles. The van der Waals surface area contributed by atoms with Crippen LogP contribution in [-0.2, 0) is 14.4 Å². The maximum absolute atomic E-state index is 10.4. The maximum atomic E-state index is 10.4. The van der Waals surface area contributed by atoms with Crippen LogP contribution in [0.2, 0.25) is 0 Å². The molecule has 1 aliphatic heterocycles. The SMILES string of the molecule is N[C@@H](CCO)C(=O)O.O=C(O)C1=NC(C(=O)O)CC=C1. The Morgan fingerprint density at radius 3 is 2.30 bits per heavy atom. The number of aliphatic imine (C=N–C) groups is 1. The fraction of sp³-hybridized carbons (Fsp3) is 0.455. The van der Waals surface area contributed by atoms with Gasteiger partial charge in [0.15, 0.2) is 6.04 Å². The molecule has 0 bridgehead atoms. The second-order valence-corrected chi connectivity index (χ2v) is 3.77. The lowest BCUT2D eigenvalue weighted by Crippen LogP contribution is -2.30. The molecule has 2 atom stereocenters. The largest absolute Gasteiger partial charge is 0.480 e. The third-order valence-electron chi connectivity index (χ3n) is 2.19. The second kappa shape index (κ2) is 8.77. The second-order valence-electron chi connectivity index (χ2n) is 3.77. The van der Waals surface area contributed by atoms with Gasteiger partial charge in [0.25, 0.3) is 0 Å². The standard InChI is InChI=1S/C7H7NO4.C4H9NO3/c9-6(10)4-2-1-3-5(8-4)7(11)12;5-3(1-2-6)4(7)8/h1-2,5H,3H2,(H,9,10)(H,11,12);3,6H,1-2,5H2,(H,7,8)/t;3-/m.0/s1. The normalized spacial score (nSPS) is 18.3. The van der Waals surface area contributed by atoms with Gasteiger partial charge in [-0.15, -0.1) is 0 Å². The first-order valence-corrected chi connectivity index (χ1v) is 5.59. The molecule has 0 aromatic rings. The van der Waals surface area contributed by atoms with E-state index in [-0.39, 0.29) is 25.2 Å². The number of hydrogen-bond donors (Lipinski definition) is 5. The van der Waals surface area contributed by atoms with Crippen LogP contribution >= 0.6 is 0 Å². The van der Waals surface area contributed by atoms with Crippen LogP contribution in [0.1, 0.15) is 12.8 Å². The Morgan fingerprint density at radius 1 is 1.35 bits per heavy atom. The molecule has 112 valence electrons. The number of dihydropyridines is 1. The smallest absolute Gasteiger partial charge is 0.354 e. The minimum Gasteiger partial charge on any atom is -0.480 e. The molecule has 1 aliphatic rings. The van der Waals surface area contributed by atoms with Gasteiger partial charge >= 0.3 is 17.9 Å². The summed E-state index contributed by atoms with van der Waals surface area (Å²) in [6, 6.07) is -1.86. The molecular weight excluding hydrogens is 272 g/mol. The van der Waals surface area contributed by atoms with Crippen LogP contribution in [0.25, 0.3) is 0 Å². The monoisotopic (exact) mass is 288 g/mol. The number of nitrogens with two attached hydrogens (primary N) is 1. The van der Waals surface area contributed by atoms with Gasteiger partial charge in [0.2, 0.25) is 0 Å². The average molecular weight is 288 g/mol. The van der Waals surface area contributed by atoms with Crippen LogP contribution in [0.15, 0.2) is 17.1 Å². The van der Waals surface area contributed by atoms with E-state index >= 15 is 0 Å². The minimum atomic E-state index is -1.20. The lowest BCUT2D eigenvalue weighted by molar-refractivity contribution is -0.139. The predicted molar refractivity (Wildman–Crippen MR) is 67.6 cm³/mol. The number of carbonyl (C=O) groups is 3. The Balaban J connectivity index is 0.000000396. The van der Waals surface area contributed by atoms with Crippen LogP contribution < -0.4 is 5.73 Å². The van der Waals surface area contributed by atoms with E-state index < -0.39 is 30.0 Å². The number of rotatable bonds is 5. The minimum absolute atomic E-state index is 0.120. The molecule has 0 aliphatic carbocycles. The lowest BCUT2D eigenvalue weighted by atomic mass is 10.1. The fourth-order valence-corrected chi connectivity index (χ4v) is 1.12. The molecule has 0 saturated heterocycles. The highest BCUT2D eigenvalue weighted by atomic mass is 16.4. The van der Waals surface area contributed by atoms with Crippen molar-refractivity contribution in [1.29, 1.82) is 0 Å². The first-order valence-electron chi connectivity index (χ1n) is 5.59. The van der Waals surface area contributed by atoms with Crippen molar-refractivity contribution in [2.45, 2.75) is 24.9 Å². The van der Waals surface area contributed by atoms with E-state index in [1.165, 1.54) is 12.2 Å². The van der Waals surface area contributed by atoms with E-state index in [0.717, 1.165) is 0 Å². The number of aliphatic carboxylic acids is 3. The zero-order valence-corrected chi connectivity index (χ0v) is 10.5. The van der Waals surface area contributed by atoms with Crippen molar-refractivity contribution in [2.75, 3.05) is 6.61 Å². The average Bonchev–Trinajstić information content (AvgIpc) is 2.39. The van der Waals surface area contributed by atoms with Crippen LogP contribution in [-0.4, -0.2) is 62.7 Å². The third kappa shape index (κ3) is 6.61. The number of hydrogen-bond acceptors (Lipinski definition) is 6. The molecule has 1 unspecified atom stereocenters. The summed E-state index contributed by atoms with van der Waals surface area (Å²) in [7, 11) is 0. The summed E-state index contributed by atoms with van der Waals surface area (Å²) in [6.07, 6.45) is 3.18. The Bertz CT molecular complexity index is 430.